The Morgan fingerprint density at radius 1 is 1.17 bits per heavy atom. The predicted molar refractivity (Wildman–Crippen MR) is 89.7 cm³/mol. The molecule has 7 heteroatoms. The Morgan fingerprint density at radius 2 is 1.88 bits per heavy atom. The molecule has 0 aromatic heterocycles. The number of hydrogen-bond donors (Lipinski definition) is 1. The molecule has 3 rings (SSSR count). The van der Waals surface area contributed by atoms with E-state index in [1.54, 1.807) is 28.7 Å². The van der Waals surface area contributed by atoms with Gasteiger partial charge in [-0.05, 0) is 24.6 Å². The lowest BCUT2D eigenvalue weighted by Crippen LogP contribution is -2.56. The molecule has 2 heterocycles. The smallest absolute Gasteiger partial charge is 0.321 e. The van der Waals surface area contributed by atoms with Crippen LogP contribution in [0.5, 0.6) is 0 Å². The van der Waals surface area contributed by atoms with Crippen molar-refractivity contribution in [3.63, 3.8) is 0 Å². The molecule has 2 aliphatic rings. The van der Waals surface area contributed by atoms with Gasteiger partial charge in [0.25, 0.3) is 0 Å². The zero-order valence-electron chi connectivity index (χ0n) is 14.0. The first-order valence-electron chi connectivity index (χ1n) is 8.16. The van der Waals surface area contributed by atoms with Gasteiger partial charge in [0.05, 0.1) is 6.42 Å². The monoisotopic (exact) mass is 330 g/mol. The number of likely N-dealkylation sites (N-methyl/N-ethyl adjacent to an activating group) is 1. The molecule has 0 radical (unpaired) electrons. The quantitative estimate of drug-likeness (QED) is 0.874. The summed E-state index contributed by atoms with van der Waals surface area (Å²) in [5.74, 6) is -0.0689. The van der Waals surface area contributed by atoms with Crippen molar-refractivity contribution in [2.75, 3.05) is 38.1 Å². The molecule has 1 N–H and O–H groups in total. The van der Waals surface area contributed by atoms with Crippen LogP contribution in [0, 0.1) is 0 Å². The Balaban J connectivity index is 1.64. The van der Waals surface area contributed by atoms with Crippen molar-refractivity contribution < 1.29 is 14.4 Å². The number of hydrogen-bond acceptors (Lipinski definition) is 3. The maximum Gasteiger partial charge on any atom is 0.321 e. The van der Waals surface area contributed by atoms with E-state index in [9.17, 15) is 14.4 Å². The van der Waals surface area contributed by atoms with Gasteiger partial charge >= 0.3 is 6.03 Å². The third-order valence-electron chi connectivity index (χ3n) is 4.66. The first-order chi connectivity index (χ1) is 11.5. The summed E-state index contributed by atoms with van der Waals surface area (Å²) in [4.78, 5) is 41.1. The van der Waals surface area contributed by atoms with Crippen LogP contribution in [0.4, 0.5) is 10.5 Å². The Morgan fingerprint density at radius 3 is 2.50 bits per heavy atom. The largest absolute Gasteiger partial charge is 0.342 e. The lowest BCUT2D eigenvalue weighted by molar-refractivity contribution is -0.149. The van der Waals surface area contributed by atoms with E-state index < -0.39 is 6.04 Å². The summed E-state index contributed by atoms with van der Waals surface area (Å²) in [5, 5.41) is 2.76. The Bertz CT molecular complexity index is 658. The number of nitrogens with zero attached hydrogens (tertiary/aromatic N) is 3. The predicted octanol–water partition coefficient (Wildman–Crippen LogP) is 0.448. The highest BCUT2D eigenvalue weighted by Gasteiger charge is 2.32. The van der Waals surface area contributed by atoms with Gasteiger partial charge in [0.2, 0.25) is 11.8 Å². The second-order valence-corrected chi connectivity index (χ2v) is 6.25. The average molecular weight is 330 g/mol. The first-order valence-corrected chi connectivity index (χ1v) is 8.16. The normalized spacial score (nSPS) is 21.2. The maximum absolute atomic E-state index is 12.5. The topological polar surface area (TPSA) is 73.0 Å². The minimum Gasteiger partial charge on any atom is -0.342 e. The maximum atomic E-state index is 12.5. The standard InChI is InChI=1S/C17H22N4O3/c1-12-16(23)19(2)9-10-20(12)15(22)11-13-3-5-14(6-4-13)21-8-7-18-17(21)24/h3-6,12H,7-11H2,1-2H3,(H,18,24)/t12-/m1/s1. The van der Waals surface area contributed by atoms with Crippen molar-refractivity contribution in [2.45, 2.75) is 19.4 Å². The Kier molecular flexibility index (Phi) is 4.42. The highest BCUT2D eigenvalue weighted by Crippen LogP contribution is 2.18. The zero-order valence-corrected chi connectivity index (χ0v) is 14.0. The van der Waals surface area contributed by atoms with Crippen molar-refractivity contribution in [1.29, 1.82) is 0 Å². The Labute approximate surface area is 141 Å². The fourth-order valence-electron chi connectivity index (χ4n) is 3.14. The molecule has 2 fully saturated rings. The van der Waals surface area contributed by atoms with Gasteiger partial charge in [-0.2, -0.15) is 0 Å². The van der Waals surface area contributed by atoms with E-state index in [1.165, 1.54) is 0 Å². The van der Waals surface area contributed by atoms with Crippen molar-refractivity contribution in [3.8, 4) is 0 Å². The molecule has 0 bridgehead atoms. The van der Waals surface area contributed by atoms with E-state index in [1.807, 2.05) is 24.3 Å². The molecule has 7 nitrogen and oxygen atoms in total. The van der Waals surface area contributed by atoms with Gasteiger partial charge in [-0.3, -0.25) is 14.5 Å². The van der Waals surface area contributed by atoms with E-state index in [-0.39, 0.29) is 24.3 Å². The van der Waals surface area contributed by atoms with E-state index >= 15 is 0 Å². The van der Waals surface area contributed by atoms with Gasteiger partial charge in [-0.15, -0.1) is 0 Å². The molecule has 4 amide bonds. The summed E-state index contributed by atoms with van der Waals surface area (Å²) in [5.41, 5.74) is 1.70. The van der Waals surface area contributed by atoms with E-state index in [2.05, 4.69) is 5.32 Å². The van der Waals surface area contributed by atoms with Crippen LogP contribution < -0.4 is 10.2 Å². The van der Waals surface area contributed by atoms with E-state index in [4.69, 9.17) is 0 Å². The van der Waals surface area contributed by atoms with Crippen LogP contribution in [-0.2, 0) is 16.0 Å². The van der Waals surface area contributed by atoms with Crippen LogP contribution in [0.3, 0.4) is 0 Å². The van der Waals surface area contributed by atoms with Gasteiger partial charge in [0, 0.05) is 38.9 Å². The van der Waals surface area contributed by atoms with Crippen molar-refractivity contribution in [1.82, 2.24) is 15.1 Å². The Hall–Kier alpha value is -2.57. The van der Waals surface area contributed by atoms with Gasteiger partial charge in [-0.25, -0.2) is 4.79 Å². The molecule has 0 spiro atoms. The summed E-state index contributed by atoms with van der Waals surface area (Å²) in [7, 11) is 1.76. The molecule has 1 aromatic rings. The van der Waals surface area contributed by atoms with Crippen molar-refractivity contribution in [3.05, 3.63) is 29.8 Å². The summed E-state index contributed by atoms with van der Waals surface area (Å²) >= 11 is 0. The molecule has 2 aliphatic heterocycles. The molecule has 128 valence electrons. The highest BCUT2D eigenvalue weighted by molar-refractivity contribution is 5.94. The van der Waals surface area contributed by atoms with Gasteiger partial charge in [-0.1, -0.05) is 12.1 Å². The summed E-state index contributed by atoms with van der Waals surface area (Å²) in [6, 6.07) is 6.92. The SMILES string of the molecule is C[C@@H]1C(=O)N(C)CCN1C(=O)Cc1ccc(N2CCNC2=O)cc1. The fraction of sp³-hybridized carbons (Fsp3) is 0.471. The third kappa shape index (κ3) is 3.06. The van der Waals surface area contributed by atoms with Crippen LogP contribution in [0.1, 0.15) is 12.5 Å². The second kappa shape index (κ2) is 6.51. The molecule has 0 saturated carbocycles. The second-order valence-electron chi connectivity index (χ2n) is 6.25. The van der Waals surface area contributed by atoms with Crippen LogP contribution in [0.15, 0.2) is 24.3 Å². The van der Waals surface area contributed by atoms with Gasteiger partial charge in [0.15, 0.2) is 0 Å². The molecule has 0 aliphatic carbocycles. The number of piperazine rings is 1. The first kappa shape index (κ1) is 16.3. The number of rotatable bonds is 3. The molecular weight excluding hydrogens is 308 g/mol. The van der Waals surface area contributed by atoms with Crippen molar-refractivity contribution >= 4 is 23.5 Å². The third-order valence-corrected chi connectivity index (χ3v) is 4.66. The molecule has 2 saturated heterocycles. The lowest BCUT2D eigenvalue weighted by Gasteiger charge is -2.37. The summed E-state index contributed by atoms with van der Waals surface area (Å²) in [6.45, 7) is 4.20. The molecule has 0 unspecified atom stereocenters. The number of anilines is 1. The molecular formula is C17H22N4O3. The number of carbonyl (C=O) groups excluding carboxylic acids is 3. The highest BCUT2D eigenvalue weighted by atomic mass is 16.2. The van der Waals surface area contributed by atoms with Crippen LogP contribution in [0.25, 0.3) is 0 Å². The van der Waals surface area contributed by atoms with Crippen LogP contribution in [-0.4, -0.2) is 66.9 Å². The molecule has 1 atom stereocenters. The van der Waals surface area contributed by atoms with Gasteiger partial charge < -0.3 is 15.1 Å². The van der Waals surface area contributed by atoms with E-state index in [0.717, 1.165) is 11.3 Å². The lowest BCUT2D eigenvalue weighted by atomic mass is 10.1. The number of carbonyl (C=O) groups is 3. The van der Waals surface area contributed by atoms with Crippen molar-refractivity contribution in [2.24, 2.45) is 0 Å². The molecule has 24 heavy (non-hydrogen) atoms. The minimum absolute atomic E-state index is 0.0232. The number of urea groups is 1. The zero-order chi connectivity index (χ0) is 17.3. The number of nitrogens with one attached hydrogen (secondary N) is 1. The van der Waals surface area contributed by atoms with Gasteiger partial charge in [0.1, 0.15) is 6.04 Å². The van der Waals surface area contributed by atoms with Crippen LogP contribution in [0.2, 0.25) is 0 Å². The fourth-order valence-corrected chi connectivity index (χ4v) is 3.14. The minimum atomic E-state index is -0.413. The number of benzene rings is 1. The molecule has 1 aromatic carbocycles. The average Bonchev–Trinajstić information content (AvgIpc) is 2.99. The number of amides is 4. The van der Waals surface area contributed by atoms with Crippen LogP contribution >= 0.6 is 0 Å². The van der Waals surface area contributed by atoms with E-state index in [0.29, 0.717) is 26.2 Å². The summed E-state index contributed by atoms with van der Waals surface area (Å²) < 4.78 is 0. The summed E-state index contributed by atoms with van der Waals surface area (Å²) in [6.07, 6.45) is 0.258.